The molecule has 3 aliphatic rings. The van der Waals surface area contributed by atoms with Crippen LogP contribution < -0.4 is 10.2 Å². The number of benzene rings is 2. The second-order valence-corrected chi connectivity index (χ2v) is 12.5. The Kier molecular flexibility index (Phi) is 6.24. The second-order valence-electron chi connectivity index (χ2n) is 8.31. The van der Waals surface area contributed by atoms with Gasteiger partial charge in [0.05, 0.1) is 28.3 Å². The van der Waals surface area contributed by atoms with E-state index in [9.17, 15) is 13.2 Å². The number of anilines is 2. The van der Waals surface area contributed by atoms with Crippen LogP contribution in [0.4, 0.5) is 11.4 Å². The zero-order valence-corrected chi connectivity index (χ0v) is 20.7. The molecule has 174 valence electrons. The van der Waals surface area contributed by atoms with Crippen LogP contribution in [0, 0.1) is 0 Å². The average Bonchev–Trinajstić information content (AvgIpc) is 3.27. The van der Waals surface area contributed by atoms with Gasteiger partial charge in [0, 0.05) is 47.7 Å². The molecule has 0 spiro atoms. The Hall–Kier alpha value is -1.94. The van der Waals surface area contributed by atoms with Crippen molar-refractivity contribution >= 4 is 67.3 Å². The van der Waals surface area contributed by atoms with E-state index in [1.807, 2.05) is 29.2 Å². The van der Waals surface area contributed by atoms with E-state index >= 15 is 0 Å². The number of nitrogens with zero attached hydrogens (tertiary/aromatic N) is 3. The molecule has 2 aromatic carbocycles. The monoisotopic (exact) mass is 524 g/mol. The van der Waals surface area contributed by atoms with Crippen molar-refractivity contribution in [1.29, 1.82) is 0 Å². The van der Waals surface area contributed by atoms with Gasteiger partial charge in [-0.1, -0.05) is 41.0 Å². The summed E-state index contributed by atoms with van der Waals surface area (Å²) >= 11 is 13.9. The van der Waals surface area contributed by atoms with E-state index < -0.39 is 9.84 Å². The van der Waals surface area contributed by atoms with Gasteiger partial charge in [0.1, 0.15) is 0 Å². The highest BCUT2D eigenvalue weighted by Gasteiger charge is 2.42. The van der Waals surface area contributed by atoms with Crippen LogP contribution in [0.2, 0.25) is 10.0 Å². The van der Waals surface area contributed by atoms with E-state index in [1.165, 1.54) is 11.8 Å². The van der Waals surface area contributed by atoms with Gasteiger partial charge in [-0.15, -0.1) is 0 Å². The maximum absolute atomic E-state index is 13.1. The number of nitrogens with one attached hydrogen (secondary N) is 1. The molecule has 0 saturated carbocycles. The topological polar surface area (TPSA) is 82.1 Å². The first-order valence-corrected chi connectivity index (χ1v) is 14.0. The van der Waals surface area contributed by atoms with Gasteiger partial charge >= 0.3 is 0 Å². The normalized spacial score (nSPS) is 23.9. The fourth-order valence-corrected chi connectivity index (χ4v) is 8.33. The van der Waals surface area contributed by atoms with Crippen molar-refractivity contribution in [1.82, 2.24) is 4.90 Å². The number of fused-ring (bicyclic) bond motifs is 1. The number of halogens is 2. The third-order valence-electron chi connectivity index (χ3n) is 6.01. The summed E-state index contributed by atoms with van der Waals surface area (Å²) in [6, 6.07) is 12.7. The first-order valence-electron chi connectivity index (χ1n) is 10.6. The third-order valence-corrected chi connectivity index (χ3v) is 9.72. The maximum Gasteiger partial charge on any atom is 0.254 e. The van der Waals surface area contributed by atoms with Crippen molar-refractivity contribution in [3.8, 4) is 0 Å². The minimum atomic E-state index is -3.01. The van der Waals surface area contributed by atoms with Crippen molar-refractivity contribution < 1.29 is 13.2 Å². The van der Waals surface area contributed by atoms with Gasteiger partial charge in [-0.05, 0) is 36.4 Å². The minimum Gasteiger partial charge on any atom is -0.368 e. The Labute approximate surface area is 207 Å². The molecule has 2 aromatic rings. The summed E-state index contributed by atoms with van der Waals surface area (Å²) in [6.45, 7) is 2.67. The summed E-state index contributed by atoms with van der Waals surface area (Å²) < 4.78 is 23.5. The number of amidine groups is 1. The summed E-state index contributed by atoms with van der Waals surface area (Å²) in [7, 11) is -3.01. The van der Waals surface area contributed by atoms with E-state index in [0.29, 0.717) is 39.6 Å². The number of carbonyl (C=O) groups excluding carboxylic acids is 1. The molecule has 11 heteroatoms. The maximum atomic E-state index is 13.1. The lowest BCUT2D eigenvalue weighted by Crippen LogP contribution is -2.48. The molecule has 7 nitrogen and oxygen atoms in total. The zero-order chi connectivity index (χ0) is 23.2. The van der Waals surface area contributed by atoms with Gasteiger partial charge in [-0.25, -0.2) is 8.42 Å². The SMILES string of the molecule is O=C(c1ccc(Cl)c(NC2=N[C@@H]3CS(=O)(=O)C[C@H]3S2)c1)N1CCN(c2cccc(Cl)c2)CC1. The minimum absolute atomic E-state index is 0.0514. The van der Waals surface area contributed by atoms with Crippen LogP contribution in [-0.2, 0) is 9.84 Å². The molecule has 1 amide bonds. The molecule has 2 fully saturated rings. The number of hydrogen-bond donors (Lipinski definition) is 1. The number of rotatable bonds is 3. The molecule has 2 saturated heterocycles. The predicted molar refractivity (Wildman–Crippen MR) is 136 cm³/mol. The Bertz CT molecular complexity index is 1230. The van der Waals surface area contributed by atoms with E-state index in [-0.39, 0.29) is 28.7 Å². The third kappa shape index (κ3) is 4.96. The van der Waals surface area contributed by atoms with E-state index in [0.717, 1.165) is 18.8 Å². The van der Waals surface area contributed by atoms with Gasteiger partial charge in [0.2, 0.25) is 0 Å². The lowest BCUT2D eigenvalue weighted by Gasteiger charge is -2.36. The fourth-order valence-electron chi connectivity index (χ4n) is 4.31. The highest BCUT2D eigenvalue weighted by Crippen LogP contribution is 2.35. The number of amides is 1. The number of hydrogen-bond acceptors (Lipinski definition) is 7. The van der Waals surface area contributed by atoms with Gasteiger partial charge < -0.3 is 15.1 Å². The number of aliphatic imine (C=N–C) groups is 1. The molecule has 5 rings (SSSR count). The van der Waals surface area contributed by atoms with Crippen molar-refractivity contribution in [3.63, 3.8) is 0 Å². The molecule has 33 heavy (non-hydrogen) atoms. The molecule has 0 aliphatic carbocycles. The van der Waals surface area contributed by atoms with Gasteiger partial charge in [0.25, 0.3) is 5.91 Å². The van der Waals surface area contributed by atoms with E-state index in [1.54, 1.807) is 18.2 Å². The zero-order valence-electron chi connectivity index (χ0n) is 17.6. The van der Waals surface area contributed by atoms with Crippen LogP contribution in [-0.4, -0.2) is 73.4 Å². The van der Waals surface area contributed by atoms with Crippen molar-refractivity contribution in [2.24, 2.45) is 4.99 Å². The Morgan fingerprint density at radius 2 is 1.85 bits per heavy atom. The fraction of sp³-hybridized carbons (Fsp3) is 0.364. The van der Waals surface area contributed by atoms with Crippen molar-refractivity contribution in [2.75, 3.05) is 47.9 Å². The quantitative estimate of drug-likeness (QED) is 0.659. The second kappa shape index (κ2) is 9.02. The first-order chi connectivity index (χ1) is 15.8. The van der Waals surface area contributed by atoms with Gasteiger partial charge in [-0.3, -0.25) is 9.79 Å². The Morgan fingerprint density at radius 3 is 2.58 bits per heavy atom. The number of carbonyl (C=O) groups is 1. The summed E-state index contributed by atoms with van der Waals surface area (Å²) in [5.74, 6) is 0.178. The van der Waals surface area contributed by atoms with Crippen LogP contribution >= 0.6 is 35.0 Å². The number of piperazine rings is 1. The highest BCUT2D eigenvalue weighted by molar-refractivity contribution is 8.15. The van der Waals surface area contributed by atoms with Crippen LogP contribution in [0.5, 0.6) is 0 Å². The lowest BCUT2D eigenvalue weighted by molar-refractivity contribution is 0.0747. The lowest BCUT2D eigenvalue weighted by atomic mass is 10.1. The smallest absolute Gasteiger partial charge is 0.254 e. The van der Waals surface area contributed by atoms with Crippen LogP contribution in [0.15, 0.2) is 47.5 Å². The number of thioether (sulfide) groups is 1. The van der Waals surface area contributed by atoms with Gasteiger partial charge in [0.15, 0.2) is 15.0 Å². The standard InChI is InChI=1S/C22H22Cl2N4O3S2/c23-15-2-1-3-16(11-15)27-6-8-28(9-7-27)21(29)14-4-5-17(24)18(10-14)25-22-26-19-12-33(30,31)13-20(19)32-22/h1-5,10-11,19-20H,6-9,12-13H2,(H,25,26)/t19-,20-/m1/s1. The summed E-state index contributed by atoms with van der Waals surface area (Å²) in [4.78, 5) is 21.7. The van der Waals surface area contributed by atoms with Crippen LogP contribution in [0.3, 0.4) is 0 Å². The molecular formula is C22H22Cl2N4O3S2. The first kappa shape index (κ1) is 22.8. The molecule has 0 aromatic heterocycles. The summed E-state index contributed by atoms with van der Waals surface area (Å²) in [6.07, 6.45) is 0. The molecule has 2 atom stereocenters. The summed E-state index contributed by atoms with van der Waals surface area (Å²) in [5, 5.41) is 4.95. The summed E-state index contributed by atoms with van der Waals surface area (Å²) in [5.41, 5.74) is 2.19. The van der Waals surface area contributed by atoms with Crippen molar-refractivity contribution in [3.05, 3.63) is 58.1 Å². The van der Waals surface area contributed by atoms with Crippen LogP contribution in [0.25, 0.3) is 0 Å². The number of sulfone groups is 1. The van der Waals surface area contributed by atoms with Crippen LogP contribution in [0.1, 0.15) is 10.4 Å². The largest absolute Gasteiger partial charge is 0.368 e. The van der Waals surface area contributed by atoms with Crippen molar-refractivity contribution in [2.45, 2.75) is 11.3 Å². The molecule has 0 radical (unpaired) electrons. The molecule has 0 unspecified atom stereocenters. The molecule has 3 heterocycles. The predicted octanol–water partition coefficient (Wildman–Crippen LogP) is 3.64. The van der Waals surface area contributed by atoms with E-state index in [2.05, 4.69) is 15.2 Å². The Balaban J connectivity index is 1.24. The van der Waals surface area contributed by atoms with Gasteiger partial charge in [-0.2, -0.15) is 0 Å². The van der Waals surface area contributed by atoms with E-state index in [4.69, 9.17) is 23.2 Å². The molecule has 1 N–H and O–H groups in total. The highest BCUT2D eigenvalue weighted by atomic mass is 35.5. The molecule has 3 aliphatic heterocycles. The molecule has 0 bridgehead atoms. The Morgan fingerprint density at radius 1 is 1.06 bits per heavy atom. The molecular weight excluding hydrogens is 503 g/mol. The average molecular weight is 525 g/mol.